The molecule has 0 aliphatic carbocycles. The van der Waals surface area contributed by atoms with Crippen LogP contribution >= 0.6 is 11.6 Å². The van der Waals surface area contributed by atoms with E-state index in [1.165, 1.54) is 0 Å². The Hall–Kier alpha value is -1.81. The molecule has 4 nitrogen and oxygen atoms in total. The summed E-state index contributed by atoms with van der Waals surface area (Å²) in [5.74, 6) is 2.52. The summed E-state index contributed by atoms with van der Waals surface area (Å²) in [6.07, 6.45) is 1.87. The SMILES string of the molecule is CCCNc1cc(NCc2ccccc2Cl)nc(CC)n1. The van der Waals surface area contributed by atoms with Gasteiger partial charge in [-0.3, -0.25) is 0 Å². The molecule has 2 rings (SSSR count). The largest absolute Gasteiger partial charge is 0.370 e. The van der Waals surface area contributed by atoms with E-state index in [-0.39, 0.29) is 0 Å². The number of hydrogen-bond acceptors (Lipinski definition) is 4. The first-order valence-electron chi connectivity index (χ1n) is 7.32. The summed E-state index contributed by atoms with van der Waals surface area (Å²) in [7, 11) is 0. The zero-order chi connectivity index (χ0) is 15.1. The van der Waals surface area contributed by atoms with E-state index in [0.29, 0.717) is 6.54 Å². The lowest BCUT2D eigenvalue weighted by Crippen LogP contribution is -2.08. The highest BCUT2D eigenvalue weighted by molar-refractivity contribution is 6.31. The van der Waals surface area contributed by atoms with Crippen LogP contribution in [0.3, 0.4) is 0 Å². The lowest BCUT2D eigenvalue weighted by atomic mass is 10.2. The van der Waals surface area contributed by atoms with Gasteiger partial charge in [-0.2, -0.15) is 0 Å². The fraction of sp³-hybridized carbons (Fsp3) is 0.375. The van der Waals surface area contributed by atoms with Crippen LogP contribution in [0.4, 0.5) is 11.6 Å². The maximum Gasteiger partial charge on any atom is 0.132 e. The molecule has 1 aromatic carbocycles. The normalized spacial score (nSPS) is 10.4. The van der Waals surface area contributed by atoms with Crippen molar-refractivity contribution in [2.75, 3.05) is 17.2 Å². The first kappa shape index (κ1) is 15.6. The van der Waals surface area contributed by atoms with Gasteiger partial charge in [0.05, 0.1) is 0 Å². The number of nitrogens with zero attached hydrogens (tertiary/aromatic N) is 2. The van der Waals surface area contributed by atoms with E-state index in [1.54, 1.807) is 0 Å². The molecule has 1 aromatic heterocycles. The molecule has 0 amide bonds. The molecule has 0 spiro atoms. The first-order chi connectivity index (χ1) is 10.2. The number of halogens is 1. The van der Waals surface area contributed by atoms with Gasteiger partial charge in [-0.25, -0.2) is 9.97 Å². The van der Waals surface area contributed by atoms with Crippen LogP contribution in [0.25, 0.3) is 0 Å². The second-order valence-electron chi connectivity index (χ2n) is 4.78. The summed E-state index contributed by atoms with van der Waals surface area (Å²) in [6.45, 7) is 5.74. The van der Waals surface area contributed by atoms with Crippen LogP contribution in [-0.2, 0) is 13.0 Å². The minimum Gasteiger partial charge on any atom is -0.370 e. The van der Waals surface area contributed by atoms with E-state index in [9.17, 15) is 0 Å². The van der Waals surface area contributed by atoms with Gasteiger partial charge in [-0.05, 0) is 18.1 Å². The van der Waals surface area contributed by atoms with E-state index in [0.717, 1.165) is 47.4 Å². The van der Waals surface area contributed by atoms with Gasteiger partial charge < -0.3 is 10.6 Å². The topological polar surface area (TPSA) is 49.8 Å². The van der Waals surface area contributed by atoms with E-state index in [4.69, 9.17) is 11.6 Å². The molecule has 0 saturated heterocycles. The Balaban J connectivity index is 2.09. The number of anilines is 2. The predicted molar refractivity (Wildman–Crippen MR) is 89.0 cm³/mol. The fourth-order valence-electron chi connectivity index (χ4n) is 1.92. The standard InChI is InChI=1S/C16H21ClN4/c1-3-9-18-15-10-16(21-14(4-2)20-15)19-11-12-7-5-6-8-13(12)17/h5-8,10H,3-4,9,11H2,1-2H3,(H2,18,19,20,21). The first-order valence-corrected chi connectivity index (χ1v) is 7.69. The predicted octanol–water partition coefficient (Wildman–Crippen LogP) is 4.13. The Morgan fingerprint density at radius 1 is 1.05 bits per heavy atom. The number of hydrogen-bond donors (Lipinski definition) is 2. The minimum atomic E-state index is 0.646. The van der Waals surface area contributed by atoms with E-state index in [2.05, 4.69) is 34.4 Å². The summed E-state index contributed by atoms with van der Waals surface area (Å²) >= 11 is 6.16. The molecular formula is C16H21ClN4. The van der Waals surface area contributed by atoms with Crippen molar-refractivity contribution in [3.63, 3.8) is 0 Å². The van der Waals surface area contributed by atoms with Crippen LogP contribution in [0.2, 0.25) is 5.02 Å². The summed E-state index contributed by atoms with van der Waals surface area (Å²) in [5.41, 5.74) is 1.05. The van der Waals surface area contributed by atoms with Crippen molar-refractivity contribution in [2.24, 2.45) is 0 Å². The molecule has 0 atom stereocenters. The van der Waals surface area contributed by atoms with Crippen LogP contribution in [0.1, 0.15) is 31.7 Å². The Kier molecular flexibility index (Phi) is 5.81. The van der Waals surface area contributed by atoms with Gasteiger partial charge in [0, 0.05) is 30.6 Å². The zero-order valence-corrected chi connectivity index (χ0v) is 13.2. The fourth-order valence-corrected chi connectivity index (χ4v) is 2.12. The number of aryl methyl sites for hydroxylation is 1. The average molecular weight is 305 g/mol. The van der Waals surface area contributed by atoms with Crippen molar-refractivity contribution in [3.8, 4) is 0 Å². The van der Waals surface area contributed by atoms with Crippen molar-refractivity contribution in [1.29, 1.82) is 0 Å². The molecule has 5 heteroatoms. The number of benzene rings is 1. The molecule has 0 bridgehead atoms. The van der Waals surface area contributed by atoms with Crippen LogP contribution in [-0.4, -0.2) is 16.5 Å². The molecule has 2 aromatic rings. The van der Waals surface area contributed by atoms with E-state index < -0.39 is 0 Å². The Labute approximate surface area is 131 Å². The van der Waals surface area contributed by atoms with Gasteiger partial charge in [-0.15, -0.1) is 0 Å². The number of aromatic nitrogens is 2. The molecule has 0 fully saturated rings. The van der Waals surface area contributed by atoms with Crippen molar-refractivity contribution >= 4 is 23.2 Å². The molecule has 21 heavy (non-hydrogen) atoms. The van der Waals surface area contributed by atoms with Crippen LogP contribution in [0.15, 0.2) is 30.3 Å². The summed E-state index contributed by atoms with van der Waals surface area (Å²) in [6, 6.07) is 9.75. The highest BCUT2D eigenvalue weighted by Gasteiger charge is 2.04. The smallest absolute Gasteiger partial charge is 0.132 e. The lowest BCUT2D eigenvalue weighted by molar-refractivity contribution is 0.913. The zero-order valence-electron chi connectivity index (χ0n) is 12.5. The van der Waals surface area contributed by atoms with Gasteiger partial charge in [0.2, 0.25) is 0 Å². The van der Waals surface area contributed by atoms with Crippen molar-refractivity contribution in [1.82, 2.24) is 9.97 Å². The van der Waals surface area contributed by atoms with Gasteiger partial charge in [-0.1, -0.05) is 43.6 Å². The third-order valence-corrected chi connectivity index (χ3v) is 3.43. The molecule has 1 heterocycles. The minimum absolute atomic E-state index is 0.646. The Morgan fingerprint density at radius 3 is 2.43 bits per heavy atom. The molecule has 0 unspecified atom stereocenters. The molecule has 112 valence electrons. The highest BCUT2D eigenvalue weighted by atomic mass is 35.5. The van der Waals surface area contributed by atoms with E-state index in [1.807, 2.05) is 30.3 Å². The Morgan fingerprint density at radius 2 is 1.76 bits per heavy atom. The quantitative estimate of drug-likeness (QED) is 0.807. The third-order valence-electron chi connectivity index (χ3n) is 3.06. The van der Waals surface area contributed by atoms with E-state index >= 15 is 0 Å². The Bertz CT molecular complexity index is 586. The monoisotopic (exact) mass is 304 g/mol. The molecular weight excluding hydrogens is 284 g/mol. The van der Waals surface area contributed by atoms with Crippen molar-refractivity contribution in [2.45, 2.75) is 33.2 Å². The maximum atomic E-state index is 6.16. The summed E-state index contributed by atoms with van der Waals surface area (Å²) in [5, 5.41) is 7.38. The molecule has 2 N–H and O–H groups in total. The van der Waals surface area contributed by atoms with Crippen molar-refractivity contribution < 1.29 is 0 Å². The highest BCUT2D eigenvalue weighted by Crippen LogP contribution is 2.17. The van der Waals surface area contributed by atoms with Gasteiger partial charge >= 0.3 is 0 Å². The molecule has 0 aliphatic rings. The number of nitrogens with one attached hydrogen (secondary N) is 2. The summed E-state index contributed by atoms with van der Waals surface area (Å²) in [4.78, 5) is 8.97. The number of rotatable bonds is 7. The second kappa shape index (κ2) is 7.84. The van der Waals surface area contributed by atoms with Crippen LogP contribution < -0.4 is 10.6 Å². The van der Waals surface area contributed by atoms with Crippen LogP contribution in [0.5, 0.6) is 0 Å². The molecule has 0 saturated carbocycles. The van der Waals surface area contributed by atoms with Crippen LogP contribution in [0, 0.1) is 0 Å². The maximum absolute atomic E-state index is 6.16. The summed E-state index contributed by atoms with van der Waals surface area (Å²) < 4.78 is 0. The van der Waals surface area contributed by atoms with Gasteiger partial charge in [0.25, 0.3) is 0 Å². The average Bonchev–Trinajstić information content (AvgIpc) is 2.52. The van der Waals surface area contributed by atoms with Gasteiger partial charge in [0.15, 0.2) is 0 Å². The second-order valence-corrected chi connectivity index (χ2v) is 5.19. The molecule has 0 radical (unpaired) electrons. The lowest BCUT2D eigenvalue weighted by Gasteiger charge is -2.11. The van der Waals surface area contributed by atoms with Gasteiger partial charge in [0.1, 0.15) is 17.5 Å². The molecule has 0 aliphatic heterocycles. The third kappa shape index (κ3) is 4.60. The van der Waals surface area contributed by atoms with Crippen molar-refractivity contribution in [3.05, 3.63) is 46.7 Å².